The first kappa shape index (κ1) is 14.9. The van der Waals surface area contributed by atoms with Crippen LogP contribution in [0.15, 0.2) is 12.1 Å². The zero-order valence-corrected chi connectivity index (χ0v) is 10.7. The van der Waals surface area contributed by atoms with Crippen molar-refractivity contribution in [2.24, 2.45) is 0 Å². The van der Waals surface area contributed by atoms with Crippen LogP contribution in [0.1, 0.15) is 25.8 Å². The maximum Gasteiger partial charge on any atom is 0.305 e. The van der Waals surface area contributed by atoms with Crippen LogP contribution in [0.25, 0.3) is 0 Å². The maximum atomic E-state index is 13.9. The van der Waals surface area contributed by atoms with Gasteiger partial charge in [0.1, 0.15) is 5.69 Å². The molecule has 6 heteroatoms. The minimum absolute atomic E-state index is 0.110. The molecule has 0 saturated carbocycles. The predicted molar refractivity (Wildman–Crippen MR) is 65.8 cm³/mol. The molecular formula is C13H14F2N2O2. The Balaban J connectivity index is 3.19. The van der Waals surface area contributed by atoms with Crippen LogP contribution in [0.2, 0.25) is 0 Å². The van der Waals surface area contributed by atoms with Gasteiger partial charge in [-0.1, -0.05) is 0 Å². The summed E-state index contributed by atoms with van der Waals surface area (Å²) in [5, 5.41) is 17.4. The van der Waals surface area contributed by atoms with E-state index in [0.29, 0.717) is 0 Å². The van der Waals surface area contributed by atoms with Crippen LogP contribution in [-0.2, 0) is 4.79 Å². The fourth-order valence-electron chi connectivity index (χ4n) is 1.96. The average molecular weight is 268 g/mol. The standard InChI is InChI=1S/C13H14F2N2O2/c1-3-17(8(2)4-12(18)19)13-10(14)5-9(7-16)6-11(13)15/h5-6,8H,3-4H2,1-2H3,(H,18,19). The fraction of sp³-hybridized carbons (Fsp3) is 0.385. The third-order valence-corrected chi connectivity index (χ3v) is 2.78. The summed E-state index contributed by atoms with van der Waals surface area (Å²) in [5.74, 6) is -2.77. The summed E-state index contributed by atoms with van der Waals surface area (Å²) in [6.45, 7) is 3.51. The second kappa shape index (κ2) is 6.14. The van der Waals surface area contributed by atoms with Crippen LogP contribution in [0.4, 0.5) is 14.5 Å². The SMILES string of the molecule is CCN(c1c(F)cc(C#N)cc1F)C(C)CC(=O)O. The first-order chi connectivity index (χ1) is 8.90. The van der Waals surface area contributed by atoms with Gasteiger partial charge in [-0.25, -0.2) is 8.78 Å². The summed E-state index contributed by atoms with van der Waals surface area (Å²) in [5.41, 5.74) is -0.407. The van der Waals surface area contributed by atoms with E-state index in [1.165, 1.54) is 4.90 Å². The molecule has 0 fully saturated rings. The summed E-state index contributed by atoms with van der Waals surface area (Å²) in [7, 11) is 0. The molecule has 1 N–H and O–H groups in total. The smallest absolute Gasteiger partial charge is 0.305 e. The number of anilines is 1. The molecule has 0 bridgehead atoms. The highest BCUT2D eigenvalue weighted by atomic mass is 19.1. The van der Waals surface area contributed by atoms with Gasteiger partial charge < -0.3 is 10.0 Å². The second-order valence-corrected chi connectivity index (χ2v) is 4.13. The second-order valence-electron chi connectivity index (χ2n) is 4.13. The van der Waals surface area contributed by atoms with Gasteiger partial charge in [0, 0.05) is 12.6 Å². The number of benzene rings is 1. The molecule has 0 heterocycles. The van der Waals surface area contributed by atoms with Crippen molar-refractivity contribution in [2.45, 2.75) is 26.3 Å². The molecule has 1 atom stereocenters. The van der Waals surface area contributed by atoms with Gasteiger partial charge in [-0.3, -0.25) is 4.79 Å². The number of halogens is 2. The molecule has 0 saturated heterocycles. The number of hydrogen-bond donors (Lipinski definition) is 1. The Labute approximate surface area is 109 Å². The highest BCUT2D eigenvalue weighted by Gasteiger charge is 2.22. The van der Waals surface area contributed by atoms with E-state index >= 15 is 0 Å². The van der Waals surface area contributed by atoms with Crippen LogP contribution < -0.4 is 4.90 Å². The molecule has 0 aliphatic rings. The number of carbonyl (C=O) groups is 1. The van der Waals surface area contributed by atoms with E-state index in [2.05, 4.69) is 0 Å². The maximum absolute atomic E-state index is 13.9. The largest absolute Gasteiger partial charge is 0.481 e. The summed E-state index contributed by atoms with van der Waals surface area (Å²) in [6, 6.07) is 2.98. The summed E-state index contributed by atoms with van der Waals surface area (Å²) < 4.78 is 27.7. The third kappa shape index (κ3) is 3.41. The third-order valence-electron chi connectivity index (χ3n) is 2.78. The van der Waals surface area contributed by atoms with Crippen molar-refractivity contribution >= 4 is 11.7 Å². The van der Waals surface area contributed by atoms with E-state index in [0.717, 1.165) is 12.1 Å². The fourth-order valence-corrected chi connectivity index (χ4v) is 1.96. The predicted octanol–water partition coefficient (Wildman–Crippen LogP) is 2.53. The first-order valence-corrected chi connectivity index (χ1v) is 5.78. The minimum atomic E-state index is -1.04. The molecule has 1 aromatic rings. The molecule has 102 valence electrons. The summed E-state index contributed by atoms with van der Waals surface area (Å²) in [4.78, 5) is 12.0. The molecule has 1 unspecified atom stereocenters. The number of hydrogen-bond acceptors (Lipinski definition) is 3. The van der Waals surface area contributed by atoms with E-state index in [4.69, 9.17) is 10.4 Å². The zero-order valence-electron chi connectivity index (χ0n) is 10.7. The minimum Gasteiger partial charge on any atom is -0.481 e. The first-order valence-electron chi connectivity index (χ1n) is 5.78. The van der Waals surface area contributed by atoms with E-state index in [-0.39, 0.29) is 24.2 Å². The Morgan fingerprint density at radius 1 is 1.47 bits per heavy atom. The molecule has 0 radical (unpaired) electrons. The monoisotopic (exact) mass is 268 g/mol. The van der Waals surface area contributed by atoms with Crippen LogP contribution in [-0.4, -0.2) is 23.7 Å². The van der Waals surface area contributed by atoms with Gasteiger partial charge in [-0.05, 0) is 26.0 Å². The Morgan fingerprint density at radius 2 is 2.00 bits per heavy atom. The lowest BCUT2D eigenvalue weighted by molar-refractivity contribution is -0.137. The molecule has 4 nitrogen and oxygen atoms in total. The van der Waals surface area contributed by atoms with Crippen molar-refractivity contribution in [3.8, 4) is 6.07 Å². The summed E-state index contributed by atoms with van der Waals surface area (Å²) in [6.07, 6.45) is -0.229. The molecule has 19 heavy (non-hydrogen) atoms. The molecule has 1 rings (SSSR count). The number of nitriles is 1. The number of rotatable bonds is 5. The highest BCUT2D eigenvalue weighted by molar-refractivity contribution is 5.68. The molecule has 0 aliphatic carbocycles. The lowest BCUT2D eigenvalue weighted by Crippen LogP contribution is -2.36. The summed E-state index contributed by atoms with van der Waals surface area (Å²) >= 11 is 0. The van der Waals surface area contributed by atoms with Crippen molar-refractivity contribution in [3.63, 3.8) is 0 Å². The van der Waals surface area contributed by atoms with E-state index in [9.17, 15) is 13.6 Å². The lowest BCUT2D eigenvalue weighted by Gasteiger charge is -2.29. The van der Waals surface area contributed by atoms with Gasteiger partial charge in [0.15, 0.2) is 11.6 Å². The number of aliphatic carboxylic acids is 1. The molecule has 0 amide bonds. The van der Waals surface area contributed by atoms with Gasteiger partial charge >= 0.3 is 5.97 Å². The Bertz CT molecular complexity index is 503. The van der Waals surface area contributed by atoms with Gasteiger partial charge in [0.25, 0.3) is 0 Å². The van der Waals surface area contributed by atoms with Crippen LogP contribution in [0.5, 0.6) is 0 Å². The van der Waals surface area contributed by atoms with Crippen molar-refractivity contribution in [3.05, 3.63) is 29.3 Å². The van der Waals surface area contributed by atoms with E-state index < -0.39 is 23.6 Å². The molecule has 1 aromatic carbocycles. The molecule has 0 aromatic heterocycles. The van der Waals surface area contributed by atoms with Crippen molar-refractivity contribution < 1.29 is 18.7 Å². The molecular weight excluding hydrogens is 254 g/mol. The van der Waals surface area contributed by atoms with Gasteiger partial charge in [0.2, 0.25) is 0 Å². The van der Waals surface area contributed by atoms with Gasteiger partial charge in [-0.15, -0.1) is 0 Å². The Hall–Kier alpha value is -2.16. The van der Waals surface area contributed by atoms with Crippen LogP contribution in [0, 0.1) is 23.0 Å². The quantitative estimate of drug-likeness (QED) is 0.891. The van der Waals surface area contributed by atoms with E-state index in [1.807, 2.05) is 0 Å². The van der Waals surface area contributed by atoms with E-state index in [1.54, 1.807) is 19.9 Å². The zero-order chi connectivity index (χ0) is 14.6. The number of nitrogens with zero attached hydrogens (tertiary/aromatic N) is 2. The van der Waals surface area contributed by atoms with Crippen LogP contribution >= 0.6 is 0 Å². The number of carboxylic acids is 1. The van der Waals surface area contributed by atoms with Gasteiger partial charge in [-0.2, -0.15) is 5.26 Å². The normalized spacial score (nSPS) is 11.7. The van der Waals surface area contributed by atoms with Crippen molar-refractivity contribution in [2.75, 3.05) is 11.4 Å². The lowest BCUT2D eigenvalue weighted by atomic mass is 10.1. The van der Waals surface area contributed by atoms with Crippen LogP contribution in [0.3, 0.4) is 0 Å². The topological polar surface area (TPSA) is 64.3 Å². The molecule has 0 aliphatic heterocycles. The van der Waals surface area contributed by atoms with Crippen molar-refractivity contribution in [1.82, 2.24) is 0 Å². The average Bonchev–Trinajstić information content (AvgIpc) is 2.32. The molecule has 0 spiro atoms. The van der Waals surface area contributed by atoms with Gasteiger partial charge in [0.05, 0.1) is 18.1 Å². The highest BCUT2D eigenvalue weighted by Crippen LogP contribution is 2.27. The Kier molecular flexibility index (Phi) is 4.81. The van der Waals surface area contributed by atoms with Crippen molar-refractivity contribution in [1.29, 1.82) is 5.26 Å². The Morgan fingerprint density at radius 3 is 2.37 bits per heavy atom. The number of carboxylic acid groups (broad SMARTS) is 1.